The fourth-order valence-corrected chi connectivity index (χ4v) is 2.92. The molecule has 2 N–H and O–H groups in total. The summed E-state index contributed by atoms with van der Waals surface area (Å²) in [7, 11) is 0. The van der Waals surface area contributed by atoms with Crippen molar-refractivity contribution < 1.29 is 23.9 Å². The SMILES string of the molecule is CCOC(=O)C1=C(COC(=O)c2cnc(C)cn2)NC(=O)N[C@H]1c1ccc(Cl)cc1. The minimum atomic E-state index is -0.803. The molecule has 0 aliphatic carbocycles. The highest BCUT2D eigenvalue weighted by atomic mass is 35.5. The number of hydrogen-bond acceptors (Lipinski definition) is 7. The van der Waals surface area contributed by atoms with Crippen molar-refractivity contribution in [3.63, 3.8) is 0 Å². The molecule has 0 unspecified atom stereocenters. The van der Waals surface area contributed by atoms with Crippen LogP contribution in [-0.4, -0.2) is 41.2 Å². The Hall–Kier alpha value is -3.46. The molecule has 30 heavy (non-hydrogen) atoms. The number of amides is 2. The standard InChI is InChI=1S/C20H19ClN4O5/c1-3-29-19(27)16-15(10-30-18(26)14-9-22-11(2)8-23-14)24-20(28)25-17(16)12-4-6-13(21)7-5-12/h4-9,17H,3,10H2,1-2H3,(H2,24,25,28)/t17-/m0/s1. The molecule has 2 heterocycles. The summed E-state index contributed by atoms with van der Waals surface area (Å²) in [6.07, 6.45) is 2.72. The zero-order chi connectivity index (χ0) is 21.7. The first kappa shape index (κ1) is 21.3. The Morgan fingerprint density at radius 3 is 2.47 bits per heavy atom. The molecule has 9 nitrogen and oxygen atoms in total. The topological polar surface area (TPSA) is 120 Å². The van der Waals surface area contributed by atoms with Crippen LogP contribution in [0.3, 0.4) is 0 Å². The molecule has 0 spiro atoms. The maximum absolute atomic E-state index is 12.7. The number of urea groups is 1. The molecule has 1 atom stereocenters. The molecule has 2 amide bonds. The van der Waals surface area contributed by atoms with Gasteiger partial charge in [0.15, 0.2) is 5.69 Å². The van der Waals surface area contributed by atoms with Crippen molar-refractivity contribution in [3.05, 3.63) is 69.9 Å². The lowest BCUT2D eigenvalue weighted by atomic mass is 9.95. The molecule has 1 aromatic carbocycles. The van der Waals surface area contributed by atoms with Gasteiger partial charge in [-0.1, -0.05) is 23.7 Å². The predicted octanol–water partition coefficient (Wildman–Crippen LogP) is 2.47. The van der Waals surface area contributed by atoms with Crippen LogP contribution in [0.15, 0.2) is 47.9 Å². The van der Waals surface area contributed by atoms with E-state index in [4.69, 9.17) is 21.1 Å². The zero-order valence-corrected chi connectivity index (χ0v) is 17.0. The molecule has 1 aliphatic rings. The van der Waals surface area contributed by atoms with E-state index in [2.05, 4.69) is 20.6 Å². The summed E-state index contributed by atoms with van der Waals surface area (Å²) in [5, 5.41) is 5.71. The van der Waals surface area contributed by atoms with Crippen LogP contribution in [0.2, 0.25) is 5.02 Å². The van der Waals surface area contributed by atoms with Gasteiger partial charge in [0.25, 0.3) is 0 Å². The van der Waals surface area contributed by atoms with E-state index in [-0.39, 0.29) is 30.2 Å². The number of carbonyl (C=O) groups is 3. The zero-order valence-electron chi connectivity index (χ0n) is 16.3. The number of rotatable bonds is 6. The molecule has 0 saturated heterocycles. The number of hydrogen-bond donors (Lipinski definition) is 2. The molecule has 0 saturated carbocycles. The van der Waals surface area contributed by atoms with Crippen molar-refractivity contribution in [3.8, 4) is 0 Å². The molecule has 0 fully saturated rings. The first-order valence-corrected chi connectivity index (χ1v) is 9.45. The van der Waals surface area contributed by atoms with Gasteiger partial charge in [0, 0.05) is 11.2 Å². The molecule has 1 aliphatic heterocycles. The van der Waals surface area contributed by atoms with Gasteiger partial charge in [0.05, 0.1) is 35.8 Å². The van der Waals surface area contributed by atoms with Crippen LogP contribution in [0.5, 0.6) is 0 Å². The Labute approximate surface area is 177 Å². The lowest BCUT2D eigenvalue weighted by Gasteiger charge is -2.29. The van der Waals surface area contributed by atoms with E-state index in [1.807, 2.05) is 0 Å². The van der Waals surface area contributed by atoms with E-state index in [1.54, 1.807) is 38.1 Å². The minimum Gasteiger partial charge on any atom is -0.463 e. The number of aryl methyl sites for hydroxylation is 1. The van der Waals surface area contributed by atoms with Crippen molar-refractivity contribution in [2.75, 3.05) is 13.2 Å². The molecule has 1 aromatic heterocycles. The van der Waals surface area contributed by atoms with E-state index < -0.39 is 24.0 Å². The minimum absolute atomic E-state index is 0.00777. The first-order valence-electron chi connectivity index (χ1n) is 9.08. The van der Waals surface area contributed by atoms with Gasteiger partial charge < -0.3 is 20.1 Å². The molecule has 2 aromatic rings. The Morgan fingerprint density at radius 2 is 1.83 bits per heavy atom. The number of halogens is 1. The highest BCUT2D eigenvalue weighted by Gasteiger charge is 2.34. The second-order valence-corrected chi connectivity index (χ2v) is 6.75. The van der Waals surface area contributed by atoms with Crippen LogP contribution < -0.4 is 10.6 Å². The number of nitrogens with zero attached hydrogens (tertiary/aromatic N) is 2. The molecule has 3 rings (SSSR count). The third-order valence-electron chi connectivity index (χ3n) is 4.19. The average molecular weight is 431 g/mol. The monoisotopic (exact) mass is 430 g/mol. The Bertz CT molecular complexity index is 989. The Morgan fingerprint density at radius 1 is 1.10 bits per heavy atom. The average Bonchev–Trinajstić information content (AvgIpc) is 2.72. The summed E-state index contributed by atoms with van der Waals surface area (Å²) >= 11 is 5.94. The lowest BCUT2D eigenvalue weighted by Crippen LogP contribution is -2.47. The van der Waals surface area contributed by atoms with Gasteiger partial charge in [-0.15, -0.1) is 0 Å². The fourth-order valence-electron chi connectivity index (χ4n) is 2.80. The van der Waals surface area contributed by atoms with Crippen molar-refractivity contribution in [1.82, 2.24) is 20.6 Å². The van der Waals surface area contributed by atoms with Gasteiger partial charge in [-0.2, -0.15) is 0 Å². The summed E-state index contributed by atoms with van der Waals surface area (Å²) in [6, 6.07) is 5.30. The van der Waals surface area contributed by atoms with E-state index in [0.29, 0.717) is 16.3 Å². The highest BCUT2D eigenvalue weighted by molar-refractivity contribution is 6.30. The number of carbonyl (C=O) groups excluding carboxylic acids is 3. The second-order valence-electron chi connectivity index (χ2n) is 6.31. The molecular weight excluding hydrogens is 412 g/mol. The van der Waals surface area contributed by atoms with Crippen molar-refractivity contribution in [2.45, 2.75) is 19.9 Å². The summed E-state index contributed by atoms with van der Waals surface area (Å²) in [5.74, 6) is -1.39. The van der Waals surface area contributed by atoms with Gasteiger partial charge in [0.1, 0.15) is 6.61 Å². The van der Waals surface area contributed by atoms with Crippen LogP contribution in [0.1, 0.15) is 34.7 Å². The van der Waals surface area contributed by atoms with E-state index in [9.17, 15) is 14.4 Å². The quantitative estimate of drug-likeness (QED) is 0.675. The summed E-state index contributed by atoms with van der Waals surface area (Å²) in [5.41, 5.74) is 1.52. The smallest absolute Gasteiger partial charge is 0.358 e. The number of nitrogens with one attached hydrogen (secondary N) is 2. The Kier molecular flexibility index (Phi) is 6.63. The van der Waals surface area contributed by atoms with Crippen LogP contribution in [0.4, 0.5) is 4.79 Å². The van der Waals surface area contributed by atoms with Crippen molar-refractivity contribution >= 4 is 29.6 Å². The second kappa shape index (κ2) is 9.36. The van der Waals surface area contributed by atoms with Gasteiger partial charge in [0.2, 0.25) is 0 Å². The number of aromatic nitrogens is 2. The normalized spacial score (nSPS) is 15.8. The van der Waals surface area contributed by atoms with E-state index >= 15 is 0 Å². The van der Waals surface area contributed by atoms with Crippen LogP contribution in [-0.2, 0) is 14.3 Å². The summed E-state index contributed by atoms with van der Waals surface area (Å²) in [6.45, 7) is 3.18. The molecule has 0 radical (unpaired) electrons. The fraction of sp³-hybridized carbons (Fsp3) is 0.250. The first-order chi connectivity index (χ1) is 14.4. The van der Waals surface area contributed by atoms with E-state index in [0.717, 1.165) is 0 Å². The maximum Gasteiger partial charge on any atom is 0.358 e. The maximum atomic E-state index is 12.7. The molecule has 10 heteroatoms. The third kappa shape index (κ3) is 4.93. The third-order valence-corrected chi connectivity index (χ3v) is 4.44. The number of ether oxygens (including phenoxy) is 2. The van der Waals surface area contributed by atoms with Crippen LogP contribution in [0.25, 0.3) is 0 Å². The molecular formula is C20H19ClN4O5. The van der Waals surface area contributed by atoms with E-state index in [1.165, 1.54) is 12.4 Å². The highest BCUT2D eigenvalue weighted by Crippen LogP contribution is 2.28. The van der Waals surface area contributed by atoms with Gasteiger partial charge >= 0.3 is 18.0 Å². The number of benzene rings is 1. The molecule has 156 valence electrons. The van der Waals surface area contributed by atoms with Gasteiger partial charge in [-0.05, 0) is 31.5 Å². The van der Waals surface area contributed by atoms with Crippen molar-refractivity contribution in [1.29, 1.82) is 0 Å². The lowest BCUT2D eigenvalue weighted by molar-refractivity contribution is -0.139. The van der Waals surface area contributed by atoms with Crippen LogP contribution in [0, 0.1) is 6.92 Å². The van der Waals surface area contributed by atoms with Crippen LogP contribution >= 0.6 is 11.6 Å². The molecule has 0 bridgehead atoms. The van der Waals surface area contributed by atoms with Crippen molar-refractivity contribution in [2.24, 2.45) is 0 Å². The summed E-state index contributed by atoms with van der Waals surface area (Å²) in [4.78, 5) is 45.1. The Balaban J connectivity index is 1.91. The summed E-state index contributed by atoms with van der Waals surface area (Å²) < 4.78 is 10.4. The van der Waals surface area contributed by atoms with Gasteiger partial charge in [-0.25, -0.2) is 19.4 Å². The number of esters is 2. The largest absolute Gasteiger partial charge is 0.463 e. The predicted molar refractivity (Wildman–Crippen MR) is 107 cm³/mol. The van der Waals surface area contributed by atoms with Gasteiger partial charge in [-0.3, -0.25) is 4.98 Å².